The number of hydrogen-bond donors (Lipinski definition) is 1. The van der Waals surface area contributed by atoms with E-state index in [1.165, 1.54) is 5.57 Å². The van der Waals surface area contributed by atoms with E-state index in [4.69, 9.17) is 4.74 Å². The van der Waals surface area contributed by atoms with Crippen LogP contribution in [0.2, 0.25) is 0 Å². The third-order valence-corrected chi connectivity index (χ3v) is 6.04. The van der Waals surface area contributed by atoms with Gasteiger partial charge in [-0.05, 0) is 52.0 Å². The second-order valence-electron chi connectivity index (χ2n) is 8.51. The first-order valence-electron chi connectivity index (χ1n) is 11.2. The van der Waals surface area contributed by atoms with Gasteiger partial charge in [0.05, 0.1) is 6.61 Å². The molecule has 1 aromatic rings. The van der Waals surface area contributed by atoms with Gasteiger partial charge in [-0.25, -0.2) is 4.79 Å². The lowest BCUT2D eigenvalue weighted by Gasteiger charge is -2.38. The average Bonchev–Trinajstić information content (AvgIpc) is 2.99. The van der Waals surface area contributed by atoms with Gasteiger partial charge in [-0.2, -0.15) is 0 Å². The van der Waals surface area contributed by atoms with Crippen molar-refractivity contribution in [2.45, 2.75) is 59.0 Å². The normalized spacial score (nSPS) is 20.6. The molecule has 2 unspecified atom stereocenters. The van der Waals surface area contributed by atoms with Crippen LogP contribution >= 0.6 is 0 Å². The molecule has 1 fully saturated rings. The zero-order chi connectivity index (χ0) is 21.7. The minimum atomic E-state index is -0.666. The summed E-state index contributed by atoms with van der Waals surface area (Å²) in [5.74, 6) is 0.525. The molecule has 2 amide bonds. The smallest absolute Gasteiger partial charge is 0.408 e. The molecule has 6 nitrogen and oxygen atoms in total. The highest BCUT2D eigenvalue weighted by molar-refractivity contribution is 6.06. The first kappa shape index (κ1) is 22.3. The van der Waals surface area contributed by atoms with Crippen LogP contribution in [-0.2, 0) is 9.53 Å². The Balaban J connectivity index is 1.67. The second kappa shape index (κ2) is 10.1. The van der Waals surface area contributed by atoms with Crippen LogP contribution in [0.15, 0.2) is 35.9 Å². The molecule has 2 aliphatic heterocycles. The zero-order valence-corrected chi connectivity index (χ0v) is 18.7. The standard InChI is InChI=1S/C24H35N3O3/c1-5-18(15-17(3)4)16-26-13-11-19(12-14-26)27-21-10-8-7-9-20(21)22(23(27)28)25-24(29)30-6-2/h7-10,15,18-19,22H,5-6,11-14,16H2,1-4H3,(H,25,29). The van der Waals surface area contributed by atoms with Gasteiger partial charge in [0.25, 0.3) is 5.91 Å². The van der Waals surface area contributed by atoms with Crippen LogP contribution in [0.5, 0.6) is 0 Å². The van der Waals surface area contributed by atoms with Crippen molar-refractivity contribution in [2.75, 3.05) is 31.1 Å². The Morgan fingerprint density at radius 3 is 2.57 bits per heavy atom. The van der Waals surface area contributed by atoms with Crippen molar-refractivity contribution in [3.05, 3.63) is 41.5 Å². The summed E-state index contributed by atoms with van der Waals surface area (Å²) in [5.41, 5.74) is 3.14. The predicted molar refractivity (Wildman–Crippen MR) is 120 cm³/mol. The van der Waals surface area contributed by atoms with Crippen molar-refractivity contribution in [3.63, 3.8) is 0 Å². The molecule has 2 heterocycles. The molecule has 0 saturated carbocycles. The third-order valence-electron chi connectivity index (χ3n) is 6.04. The predicted octanol–water partition coefficient (Wildman–Crippen LogP) is 4.28. The fourth-order valence-electron chi connectivity index (χ4n) is 4.61. The Labute approximate surface area is 180 Å². The minimum absolute atomic E-state index is 0.0568. The van der Waals surface area contributed by atoms with Crippen molar-refractivity contribution < 1.29 is 14.3 Å². The van der Waals surface area contributed by atoms with Gasteiger partial charge in [-0.3, -0.25) is 4.79 Å². The van der Waals surface area contributed by atoms with E-state index in [1.807, 2.05) is 29.2 Å². The number of benzene rings is 1. The Kier molecular flexibility index (Phi) is 7.53. The van der Waals surface area contributed by atoms with Gasteiger partial charge in [0, 0.05) is 36.9 Å². The molecule has 2 atom stereocenters. The molecular weight excluding hydrogens is 378 g/mol. The number of anilines is 1. The van der Waals surface area contributed by atoms with Crippen LogP contribution in [-0.4, -0.2) is 49.2 Å². The summed E-state index contributed by atoms with van der Waals surface area (Å²) < 4.78 is 5.00. The van der Waals surface area contributed by atoms with E-state index in [1.54, 1.807) is 6.92 Å². The van der Waals surface area contributed by atoms with Gasteiger partial charge in [0.2, 0.25) is 0 Å². The Bertz CT molecular complexity index is 780. The van der Waals surface area contributed by atoms with E-state index in [0.717, 1.165) is 50.1 Å². The number of fused-ring (bicyclic) bond motifs is 1. The molecule has 0 aromatic heterocycles. The molecule has 3 rings (SSSR count). The highest BCUT2D eigenvalue weighted by atomic mass is 16.5. The molecule has 30 heavy (non-hydrogen) atoms. The molecule has 1 saturated heterocycles. The topological polar surface area (TPSA) is 61.9 Å². The van der Waals surface area contributed by atoms with Crippen LogP contribution in [0.3, 0.4) is 0 Å². The molecule has 164 valence electrons. The number of likely N-dealkylation sites (tertiary alicyclic amines) is 1. The first-order chi connectivity index (χ1) is 14.4. The van der Waals surface area contributed by atoms with Crippen molar-refractivity contribution in [1.82, 2.24) is 10.2 Å². The number of hydrogen-bond acceptors (Lipinski definition) is 4. The van der Waals surface area contributed by atoms with Gasteiger partial charge in [0.15, 0.2) is 0 Å². The number of para-hydroxylation sites is 1. The quantitative estimate of drug-likeness (QED) is 0.678. The Hall–Kier alpha value is -2.34. The average molecular weight is 414 g/mol. The van der Waals surface area contributed by atoms with E-state index < -0.39 is 12.1 Å². The van der Waals surface area contributed by atoms with Gasteiger partial charge in [0.1, 0.15) is 6.04 Å². The Morgan fingerprint density at radius 2 is 1.93 bits per heavy atom. The van der Waals surface area contributed by atoms with Crippen molar-refractivity contribution in [1.29, 1.82) is 0 Å². The number of allylic oxidation sites excluding steroid dienone is 1. The lowest BCUT2D eigenvalue weighted by Crippen LogP contribution is -2.48. The third kappa shape index (κ3) is 5.04. The number of carbonyl (C=O) groups excluding carboxylic acids is 2. The maximum absolute atomic E-state index is 13.3. The van der Waals surface area contributed by atoms with Crippen LogP contribution < -0.4 is 10.2 Å². The van der Waals surface area contributed by atoms with Gasteiger partial charge < -0.3 is 19.9 Å². The summed E-state index contributed by atoms with van der Waals surface area (Å²) in [6.07, 6.45) is 4.85. The number of nitrogens with zero attached hydrogens (tertiary/aromatic N) is 2. The summed E-state index contributed by atoms with van der Waals surface area (Å²) in [4.78, 5) is 29.7. The zero-order valence-electron chi connectivity index (χ0n) is 18.7. The maximum atomic E-state index is 13.3. The number of nitrogens with one attached hydrogen (secondary N) is 1. The van der Waals surface area contributed by atoms with Crippen LogP contribution in [0.4, 0.5) is 10.5 Å². The van der Waals surface area contributed by atoms with Crippen LogP contribution in [0.25, 0.3) is 0 Å². The molecule has 0 radical (unpaired) electrons. The number of carbonyl (C=O) groups is 2. The number of alkyl carbamates (subject to hydrolysis) is 1. The highest BCUT2D eigenvalue weighted by Gasteiger charge is 2.42. The van der Waals surface area contributed by atoms with E-state index in [9.17, 15) is 9.59 Å². The summed E-state index contributed by atoms with van der Waals surface area (Å²) in [6.45, 7) is 11.6. The van der Waals surface area contributed by atoms with Gasteiger partial charge in [-0.15, -0.1) is 0 Å². The summed E-state index contributed by atoms with van der Waals surface area (Å²) in [5, 5.41) is 2.75. The molecule has 1 aromatic carbocycles. The van der Waals surface area contributed by atoms with E-state index in [0.29, 0.717) is 5.92 Å². The Morgan fingerprint density at radius 1 is 1.23 bits per heavy atom. The van der Waals surface area contributed by atoms with E-state index >= 15 is 0 Å². The van der Waals surface area contributed by atoms with Crippen molar-refractivity contribution in [3.8, 4) is 0 Å². The molecule has 2 aliphatic rings. The monoisotopic (exact) mass is 413 g/mol. The molecule has 0 spiro atoms. The first-order valence-corrected chi connectivity index (χ1v) is 11.2. The summed E-state index contributed by atoms with van der Waals surface area (Å²) in [7, 11) is 0. The number of amides is 2. The fourth-order valence-corrected chi connectivity index (χ4v) is 4.61. The van der Waals surface area contributed by atoms with Crippen LogP contribution in [0.1, 0.15) is 58.6 Å². The maximum Gasteiger partial charge on any atom is 0.408 e. The van der Waals surface area contributed by atoms with Crippen LogP contribution in [0, 0.1) is 5.92 Å². The molecule has 1 N–H and O–H groups in total. The summed E-state index contributed by atoms with van der Waals surface area (Å²) >= 11 is 0. The molecular formula is C24H35N3O3. The number of rotatable bonds is 7. The van der Waals surface area contributed by atoms with Gasteiger partial charge in [-0.1, -0.05) is 36.8 Å². The SMILES string of the molecule is CCOC(=O)NC1C(=O)N(C2CCN(CC(C=C(C)C)CC)CC2)c2ccccc21. The largest absolute Gasteiger partial charge is 0.450 e. The molecule has 6 heteroatoms. The number of ether oxygens (including phenoxy) is 1. The van der Waals surface area contributed by atoms with E-state index in [2.05, 4.69) is 37.1 Å². The minimum Gasteiger partial charge on any atom is -0.450 e. The van der Waals surface area contributed by atoms with Crippen molar-refractivity contribution >= 4 is 17.7 Å². The van der Waals surface area contributed by atoms with E-state index in [-0.39, 0.29) is 18.6 Å². The summed E-state index contributed by atoms with van der Waals surface area (Å²) in [6, 6.07) is 7.25. The van der Waals surface area contributed by atoms with Gasteiger partial charge >= 0.3 is 6.09 Å². The fraction of sp³-hybridized carbons (Fsp3) is 0.583. The number of piperidine rings is 1. The lowest BCUT2D eigenvalue weighted by molar-refractivity contribution is -0.120. The van der Waals surface area contributed by atoms with Crippen molar-refractivity contribution in [2.24, 2.45) is 5.92 Å². The second-order valence-corrected chi connectivity index (χ2v) is 8.51. The molecule has 0 bridgehead atoms. The highest BCUT2D eigenvalue weighted by Crippen LogP contribution is 2.39. The molecule has 0 aliphatic carbocycles. The lowest BCUT2D eigenvalue weighted by atomic mass is 9.98.